The van der Waals surface area contributed by atoms with Gasteiger partial charge in [-0.15, -0.1) is 22.7 Å². The molecule has 0 radical (unpaired) electrons. The monoisotopic (exact) mass is 1430 g/mol. The highest BCUT2D eigenvalue weighted by molar-refractivity contribution is 14.1. The third kappa shape index (κ3) is 17.2. The van der Waals surface area contributed by atoms with Gasteiger partial charge in [0.25, 0.3) is 0 Å². The maximum Gasteiger partial charge on any atom is 0.497 e. The van der Waals surface area contributed by atoms with Crippen molar-refractivity contribution in [1.82, 2.24) is 39.7 Å². The van der Waals surface area contributed by atoms with Gasteiger partial charge in [-0.2, -0.15) is 26.3 Å². The number of aromatic nitrogens is 6. The van der Waals surface area contributed by atoms with Crippen LogP contribution in [0.4, 0.5) is 47.6 Å². The van der Waals surface area contributed by atoms with E-state index < -0.39 is 71.5 Å². The second kappa shape index (κ2) is 30.7. The van der Waals surface area contributed by atoms with Crippen LogP contribution in [-0.4, -0.2) is 125 Å². The van der Waals surface area contributed by atoms with E-state index in [1.54, 1.807) is 69.8 Å². The number of esters is 2. The molecule has 0 aliphatic carbocycles. The van der Waals surface area contributed by atoms with Gasteiger partial charge in [0, 0.05) is 112 Å². The number of amides is 4. The number of nitrogens with one attached hydrogen (secondary N) is 4. The Bertz CT molecular complexity index is 4110. The molecule has 22 nitrogen and oxygen atoms in total. The van der Waals surface area contributed by atoms with Crippen LogP contribution in [0.5, 0.6) is 0 Å². The number of methoxy groups -OCH3 is 2. The van der Waals surface area contributed by atoms with E-state index in [4.69, 9.17) is 28.3 Å². The molecule has 490 valence electrons. The number of pyridine rings is 4. The minimum Gasteiger partial charge on any atom is -0.462 e. The van der Waals surface area contributed by atoms with E-state index in [0.717, 1.165) is 42.5 Å². The second-order valence-electron chi connectivity index (χ2n) is 20.9. The van der Waals surface area contributed by atoms with Crippen molar-refractivity contribution in [3.8, 4) is 32.3 Å². The number of fused-ring (bicyclic) bond motifs is 2. The van der Waals surface area contributed by atoms with E-state index in [1.165, 1.54) is 37.8 Å². The molecule has 1 saturated heterocycles. The minimum atomic E-state index is -4.65. The zero-order valence-corrected chi connectivity index (χ0v) is 55.2. The van der Waals surface area contributed by atoms with Crippen LogP contribution < -0.4 is 37.6 Å². The van der Waals surface area contributed by atoms with Crippen LogP contribution >= 0.6 is 45.3 Å². The van der Waals surface area contributed by atoms with E-state index >= 15 is 0 Å². The summed E-state index contributed by atoms with van der Waals surface area (Å²) in [6.45, 7) is 17.1. The van der Waals surface area contributed by atoms with Gasteiger partial charge in [0.2, 0.25) is 10.9 Å². The van der Waals surface area contributed by atoms with Gasteiger partial charge in [0.15, 0.2) is 11.4 Å². The van der Waals surface area contributed by atoms with Crippen LogP contribution in [-0.2, 0) is 53.7 Å². The lowest BCUT2D eigenvalue weighted by atomic mass is 9.77. The number of hydrogen-bond donors (Lipinski definition) is 4. The number of urea groups is 2. The number of nitrogens with zero attached hydrogens (tertiary/aromatic N) is 6. The molecule has 0 saturated carbocycles. The molecular formula is C60H64BF6IN10O12S2. The molecule has 0 bridgehead atoms. The van der Waals surface area contributed by atoms with Crippen molar-refractivity contribution in [3.05, 3.63) is 131 Å². The second-order valence-corrected chi connectivity index (χ2v) is 23.8. The molecule has 6 aromatic heterocycles. The normalized spacial score (nSPS) is 13.4. The molecule has 1 aliphatic heterocycles. The predicted octanol–water partition coefficient (Wildman–Crippen LogP) is 11.3. The van der Waals surface area contributed by atoms with Crippen LogP contribution in [0.2, 0.25) is 0 Å². The van der Waals surface area contributed by atoms with Gasteiger partial charge in [-0.3, -0.25) is 20.2 Å². The number of thiazole rings is 2. The maximum absolute atomic E-state index is 13.4. The first-order valence-electron chi connectivity index (χ1n) is 28.3. The van der Waals surface area contributed by atoms with Crippen molar-refractivity contribution in [1.29, 1.82) is 0 Å². The summed E-state index contributed by atoms with van der Waals surface area (Å²) in [6, 6.07) is 12.4. The van der Waals surface area contributed by atoms with Crippen molar-refractivity contribution < 1.29 is 73.8 Å². The fourth-order valence-electron chi connectivity index (χ4n) is 8.90. The molecule has 1 fully saturated rings. The molecule has 0 atom stereocenters. The number of carbonyl (C=O) groups is 4. The molecule has 7 heterocycles. The Morgan fingerprint density at radius 3 is 1.52 bits per heavy atom. The number of halogens is 7. The Balaban J connectivity index is 0.000000207. The summed E-state index contributed by atoms with van der Waals surface area (Å²) in [6.07, 6.45) is -3.43. The van der Waals surface area contributed by atoms with Crippen LogP contribution in [0.25, 0.3) is 54.1 Å². The SMILES string of the molecule is CCNC(=O)Nc1cc(-c2nc(C(F)(F)F)cs2)c(-c2ccc3c(c2)c(=O)c(C(=O)OCC)cn3CCOC)cn1.CCNC(=O)Nc1cc(-c2nc(C(F)(F)F)cs2)c(B2OC(C)(C)C(C)(C)O2)cn1.CCOC(=O)c1cn(CCOC)c2ccc(I)cc2c1=O. The van der Waals surface area contributed by atoms with E-state index in [0.29, 0.717) is 72.4 Å². The van der Waals surface area contributed by atoms with E-state index in [2.05, 4.69) is 63.8 Å². The smallest absolute Gasteiger partial charge is 0.462 e. The third-order valence-electron chi connectivity index (χ3n) is 14.1. The molecule has 1 aliphatic rings. The average Bonchev–Trinajstić information content (AvgIpc) is 1.29. The zero-order chi connectivity index (χ0) is 67.5. The van der Waals surface area contributed by atoms with Crippen molar-refractivity contribution >= 4 is 115 Å². The lowest BCUT2D eigenvalue weighted by molar-refractivity contribution is -0.141. The predicted molar refractivity (Wildman–Crippen MR) is 346 cm³/mol. The van der Waals surface area contributed by atoms with Crippen LogP contribution in [0, 0.1) is 3.57 Å². The third-order valence-corrected chi connectivity index (χ3v) is 16.5. The topological polar surface area (TPSA) is 267 Å². The Morgan fingerprint density at radius 2 is 1.08 bits per heavy atom. The first-order valence-corrected chi connectivity index (χ1v) is 31.2. The average molecular weight is 1430 g/mol. The van der Waals surface area contributed by atoms with E-state index in [1.807, 2.05) is 44.4 Å². The Hall–Kier alpha value is -7.89. The van der Waals surface area contributed by atoms with Gasteiger partial charge in [-0.05, 0) is 126 Å². The lowest BCUT2D eigenvalue weighted by Gasteiger charge is -2.32. The van der Waals surface area contributed by atoms with Crippen molar-refractivity contribution in [3.63, 3.8) is 0 Å². The highest BCUT2D eigenvalue weighted by Gasteiger charge is 2.53. The Kier molecular flexibility index (Phi) is 23.9. The molecule has 8 aromatic rings. The number of rotatable bonds is 18. The molecule has 4 N–H and O–H groups in total. The summed E-state index contributed by atoms with van der Waals surface area (Å²) in [5, 5.41) is 12.9. The summed E-state index contributed by atoms with van der Waals surface area (Å²) in [7, 11) is 2.28. The number of anilines is 2. The van der Waals surface area contributed by atoms with Crippen molar-refractivity contribution in [2.24, 2.45) is 0 Å². The molecule has 9 rings (SSSR count). The van der Waals surface area contributed by atoms with Crippen molar-refractivity contribution in [2.75, 3.05) is 64.4 Å². The number of benzene rings is 2. The zero-order valence-electron chi connectivity index (χ0n) is 51.4. The summed E-state index contributed by atoms with van der Waals surface area (Å²) in [5.74, 6) is -1.11. The van der Waals surface area contributed by atoms with E-state index in [-0.39, 0.29) is 62.4 Å². The van der Waals surface area contributed by atoms with Gasteiger partial charge in [-0.1, -0.05) is 6.07 Å². The first-order chi connectivity index (χ1) is 43.5. The molecule has 92 heavy (non-hydrogen) atoms. The standard InChI is InChI=1S/C27H26F3N5O5S.C18H22BF3N4O3S.C15H16INO4/c1-4-31-26(38)34-22-11-16(24-33-21(14-41-24)27(28,29)30)18(12-32-22)15-6-7-20-17(10-15)23(36)19(25(37)40-5-2)13-35(20)8-9-39-3;1-6-23-15(27)26-13-7-10(14-25-12(9-30-14)18(20,21)22)11(8-24-13)19-28-16(2,3)17(4,5)29-19;1-3-21-15(19)12-9-17(6-7-20-2)13-5-4-10(16)8-11(13)14(12)18/h6-7,10-14H,4-5,8-9H2,1-3H3,(H2,31,32,34,38);7-9H,6H2,1-5H3,(H2,23,24,26,27);4-5,8-9H,3,6-7H2,1-2H3. The fraction of sp³-hybridized carbons (Fsp3) is 0.367. The number of carbonyl (C=O) groups excluding carboxylic acids is 4. The Morgan fingerprint density at radius 1 is 0.630 bits per heavy atom. The number of alkyl halides is 6. The lowest BCUT2D eigenvalue weighted by Crippen LogP contribution is -2.41. The minimum absolute atomic E-state index is 0.0338. The largest absolute Gasteiger partial charge is 0.497 e. The van der Waals surface area contributed by atoms with Gasteiger partial charge < -0.3 is 48.0 Å². The van der Waals surface area contributed by atoms with Crippen LogP contribution in [0.15, 0.2) is 93.7 Å². The summed E-state index contributed by atoms with van der Waals surface area (Å²) < 4.78 is 116. The number of ether oxygens (including phenoxy) is 4. The molecule has 4 amide bonds. The summed E-state index contributed by atoms with van der Waals surface area (Å²) in [5.41, 5.74) is -1.18. The van der Waals surface area contributed by atoms with Gasteiger partial charge in [0.05, 0.1) is 48.7 Å². The quantitative estimate of drug-likeness (QED) is 0.0269. The first kappa shape index (κ1) is 71.6. The maximum atomic E-state index is 13.4. The van der Waals surface area contributed by atoms with E-state index in [9.17, 15) is 55.1 Å². The van der Waals surface area contributed by atoms with Gasteiger partial charge in [-0.25, -0.2) is 39.1 Å². The van der Waals surface area contributed by atoms with Gasteiger partial charge in [0.1, 0.15) is 32.8 Å². The molecule has 32 heteroatoms. The summed E-state index contributed by atoms with van der Waals surface area (Å²) >= 11 is 3.76. The highest BCUT2D eigenvalue weighted by atomic mass is 127. The molecular weight excluding hydrogens is 1370 g/mol. The van der Waals surface area contributed by atoms with Gasteiger partial charge >= 0.3 is 43.5 Å². The van der Waals surface area contributed by atoms with Crippen LogP contribution in [0.3, 0.4) is 0 Å². The summed E-state index contributed by atoms with van der Waals surface area (Å²) in [4.78, 5) is 90.3. The van der Waals surface area contributed by atoms with Crippen molar-refractivity contribution in [2.45, 2.75) is 92.0 Å². The fourth-order valence-corrected chi connectivity index (χ4v) is 11.1. The molecule has 0 spiro atoms. The molecule has 2 aromatic carbocycles. The highest BCUT2D eigenvalue weighted by Crippen LogP contribution is 2.41. The number of hydrogen-bond acceptors (Lipinski definition) is 18. The Labute approximate surface area is 545 Å². The molecule has 0 unspecified atom stereocenters. The van der Waals surface area contributed by atoms with Crippen LogP contribution in [0.1, 0.15) is 87.5 Å².